The first kappa shape index (κ1) is 11.7. The Balaban J connectivity index is 2.26. The fourth-order valence-corrected chi connectivity index (χ4v) is 2.49. The highest BCUT2D eigenvalue weighted by Gasteiger charge is 2.20. The zero-order valence-corrected chi connectivity index (χ0v) is 10.7. The maximum Gasteiger partial charge on any atom is 0.0426 e. The van der Waals surface area contributed by atoms with Crippen molar-refractivity contribution in [2.75, 3.05) is 25.0 Å². The van der Waals surface area contributed by atoms with Gasteiger partial charge in [0.25, 0.3) is 0 Å². The van der Waals surface area contributed by atoms with Crippen LogP contribution in [0.5, 0.6) is 0 Å². The lowest BCUT2D eigenvalue weighted by molar-refractivity contribution is 0.659. The van der Waals surface area contributed by atoms with E-state index in [1.807, 2.05) is 13.1 Å². The molecule has 88 valence electrons. The van der Waals surface area contributed by atoms with Crippen LogP contribution < -0.4 is 10.2 Å². The van der Waals surface area contributed by atoms with Crippen molar-refractivity contribution in [3.05, 3.63) is 28.8 Å². The molecular weight excluding hydrogens is 220 g/mol. The molecule has 1 fully saturated rings. The molecule has 0 saturated carbocycles. The predicted octanol–water partition coefficient (Wildman–Crippen LogP) is 2.91. The lowest BCUT2D eigenvalue weighted by Gasteiger charge is -2.22. The number of anilines is 1. The Morgan fingerprint density at radius 2 is 2.31 bits per heavy atom. The molecule has 1 saturated heterocycles. The second-order valence-corrected chi connectivity index (χ2v) is 5.08. The molecule has 3 heteroatoms. The lowest BCUT2D eigenvalue weighted by Crippen LogP contribution is -2.21. The van der Waals surface area contributed by atoms with Crippen LogP contribution in [0.2, 0.25) is 5.02 Å². The van der Waals surface area contributed by atoms with Gasteiger partial charge in [0.05, 0.1) is 0 Å². The number of benzene rings is 1. The molecule has 1 aromatic carbocycles. The molecule has 0 radical (unpaired) electrons. The third kappa shape index (κ3) is 2.50. The third-order valence-electron chi connectivity index (χ3n) is 3.18. The minimum absolute atomic E-state index is 0.793. The summed E-state index contributed by atoms with van der Waals surface area (Å²) in [4.78, 5) is 2.45. The summed E-state index contributed by atoms with van der Waals surface area (Å²) in [6.45, 7) is 5.51. The van der Waals surface area contributed by atoms with E-state index in [9.17, 15) is 0 Å². The quantitative estimate of drug-likeness (QED) is 0.871. The summed E-state index contributed by atoms with van der Waals surface area (Å²) in [5.74, 6) is 0.793. The van der Waals surface area contributed by atoms with Gasteiger partial charge in [0.15, 0.2) is 0 Å². The lowest BCUT2D eigenvalue weighted by atomic mass is 10.1. The maximum atomic E-state index is 6.08. The highest BCUT2D eigenvalue weighted by Crippen LogP contribution is 2.29. The molecule has 0 spiro atoms. The standard InChI is InChI=1S/C13H19ClN2/c1-10-5-6-16(9-10)13-7-12(14)4-3-11(13)8-15-2/h3-4,7,10,15H,5-6,8-9H2,1-2H3. The summed E-state index contributed by atoms with van der Waals surface area (Å²) in [6.07, 6.45) is 1.28. The van der Waals surface area contributed by atoms with Gasteiger partial charge in [-0.2, -0.15) is 0 Å². The number of rotatable bonds is 3. The summed E-state index contributed by atoms with van der Waals surface area (Å²) in [7, 11) is 1.98. The SMILES string of the molecule is CNCc1ccc(Cl)cc1N1CCC(C)C1. The normalized spacial score (nSPS) is 20.4. The predicted molar refractivity (Wildman–Crippen MR) is 70.2 cm³/mol. The van der Waals surface area contributed by atoms with Crippen molar-refractivity contribution in [2.24, 2.45) is 5.92 Å². The van der Waals surface area contributed by atoms with Crippen LogP contribution in [0.25, 0.3) is 0 Å². The fourth-order valence-electron chi connectivity index (χ4n) is 2.33. The highest BCUT2D eigenvalue weighted by atomic mass is 35.5. The van der Waals surface area contributed by atoms with Crippen LogP contribution >= 0.6 is 11.6 Å². The number of hydrogen-bond donors (Lipinski definition) is 1. The zero-order chi connectivity index (χ0) is 11.5. The summed E-state index contributed by atoms with van der Waals surface area (Å²) in [5.41, 5.74) is 2.63. The molecule has 2 nitrogen and oxygen atoms in total. The van der Waals surface area contributed by atoms with E-state index in [0.29, 0.717) is 0 Å². The van der Waals surface area contributed by atoms with Crippen molar-refractivity contribution in [1.82, 2.24) is 5.32 Å². The Bertz CT molecular complexity index is 365. The number of nitrogens with zero attached hydrogens (tertiary/aromatic N) is 1. The van der Waals surface area contributed by atoms with Crippen molar-refractivity contribution >= 4 is 17.3 Å². The van der Waals surface area contributed by atoms with Crippen LogP contribution in [-0.4, -0.2) is 20.1 Å². The van der Waals surface area contributed by atoms with Gasteiger partial charge in [-0.1, -0.05) is 24.6 Å². The molecule has 0 aromatic heterocycles. The van der Waals surface area contributed by atoms with Crippen molar-refractivity contribution in [3.8, 4) is 0 Å². The average molecular weight is 239 g/mol. The van der Waals surface area contributed by atoms with Crippen LogP contribution in [-0.2, 0) is 6.54 Å². The molecule has 1 aliphatic rings. The molecule has 1 aromatic rings. The van der Waals surface area contributed by atoms with E-state index in [-0.39, 0.29) is 0 Å². The van der Waals surface area contributed by atoms with Gasteiger partial charge >= 0.3 is 0 Å². The summed E-state index contributed by atoms with van der Waals surface area (Å²) >= 11 is 6.08. The maximum absolute atomic E-state index is 6.08. The third-order valence-corrected chi connectivity index (χ3v) is 3.41. The molecule has 0 amide bonds. The van der Waals surface area contributed by atoms with Crippen LogP contribution in [0.4, 0.5) is 5.69 Å². The largest absolute Gasteiger partial charge is 0.371 e. The van der Waals surface area contributed by atoms with E-state index in [0.717, 1.165) is 30.6 Å². The Morgan fingerprint density at radius 3 is 2.94 bits per heavy atom. The van der Waals surface area contributed by atoms with Gasteiger partial charge < -0.3 is 10.2 Å². The van der Waals surface area contributed by atoms with Gasteiger partial charge in [0, 0.05) is 30.3 Å². The Morgan fingerprint density at radius 1 is 1.50 bits per heavy atom. The number of nitrogens with one attached hydrogen (secondary N) is 1. The first-order valence-corrected chi connectivity index (χ1v) is 6.26. The molecule has 1 aliphatic heterocycles. The van der Waals surface area contributed by atoms with Crippen LogP contribution in [0.3, 0.4) is 0 Å². The minimum Gasteiger partial charge on any atom is -0.371 e. The molecule has 1 unspecified atom stereocenters. The van der Waals surface area contributed by atoms with E-state index < -0.39 is 0 Å². The molecule has 1 atom stereocenters. The average Bonchev–Trinajstić information content (AvgIpc) is 2.68. The van der Waals surface area contributed by atoms with Crippen molar-refractivity contribution in [3.63, 3.8) is 0 Å². The van der Waals surface area contributed by atoms with Gasteiger partial charge in [-0.15, -0.1) is 0 Å². The fraction of sp³-hybridized carbons (Fsp3) is 0.538. The van der Waals surface area contributed by atoms with Gasteiger partial charge in [0.1, 0.15) is 0 Å². The van der Waals surface area contributed by atoms with E-state index >= 15 is 0 Å². The van der Waals surface area contributed by atoms with Crippen LogP contribution in [0.1, 0.15) is 18.9 Å². The summed E-state index contributed by atoms with van der Waals surface area (Å²) in [5, 5.41) is 4.04. The van der Waals surface area contributed by atoms with Crippen molar-refractivity contribution in [2.45, 2.75) is 19.9 Å². The van der Waals surface area contributed by atoms with Gasteiger partial charge in [-0.05, 0) is 37.1 Å². The monoisotopic (exact) mass is 238 g/mol. The number of hydrogen-bond acceptors (Lipinski definition) is 2. The molecule has 16 heavy (non-hydrogen) atoms. The Kier molecular flexibility index (Phi) is 3.72. The Hall–Kier alpha value is -0.730. The smallest absolute Gasteiger partial charge is 0.0426 e. The molecule has 1 heterocycles. The van der Waals surface area contributed by atoms with Gasteiger partial charge in [-0.25, -0.2) is 0 Å². The van der Waals surface area contributed by atoms with Crippen molar-refractivity contribution < 1.29 is 0 Å². The molecule has 0 aliphatic carbocycles. The number of halogens is 1. The molecule has 0 bridgehead atoms. The van der Waals surface area contributed by atoms with E-state index in [4.69, 9.17) is 11.6 Å². The van der Waals surface area contributed by atoms with Crippen LogP contribution in [0, 0.1) is 5.92 Å². The second kappa shape index (κ2) is 5.07. The van der Waals surface area contributed by atoms with Gasteiger partial charge in [-0.3, -0.25) is 0 Å². The molecule has 2 rings (SSSR count). The zero-order valence-electron chi connectivity index (χ0n) is 9.96. The van der Waals surface area contributed by atoms with E-state index in [1.54, 1.807) is 0 Å². The van der Waals surface area contributed by atoms with Crippen LogP contribution in [0.15, 0.2) is 18.2 Å². The second-order valence-electron chi connectivity index (χ2n) is 4.64. The van der Waals surface area contributed by atoms with E-state index in [1.165, 1.54) is 17.7 Å². The minimum atomic E-state index is 0.793. The highest BCUT2D eigenvalue weighted by molar-refractivity contribution is 6.30. The van der Waals surface area contributed by atoms with E-state index in [2.05, 4.69) is 29.3 Å². The van der Waals surface area contributed by atoms with Gasteiger partial charge in [0.2, 0.25) is 0 Å². The first-order chi connectivity index (χ1) is 7.70. The Labute approximate surface area is 103 Å². The first-order valence-electron chi connectivity index (χ1n) is 5.88. The summed E-state index contributed by atoms with van der Waals surface area (Å²) in [6, 6.07) is 6.18. The summed E-state index contributed by atoms with van der Waals surface area (Å²) < 4.78 is 0. The topological polar surface area (TPSA) is 15.3 Å². The molecule has 1 N–H and O–H groups in total. The molecular formula is C13H19ClN2. The van der Waals surface area contributed by atoms with Crippen molar-refractivity contribution in [1.29, 1.82) is 0 Å².